The van der Waals surface area contributed by atoms with Gasteiger partial charge in [0.25, 0.3) is 5.91 Å². The smallest absolute Gasteiger partial charge is 0.319 e. The van der Waals surface area contributed by atoms with Crippen LogP contribution in [0.2, 0.25) is 0 Å². The molecule has 8 nitrogen and oxygen atoms in total. The van der Waals surface area contributed by atoms with Crippen LogP contribution in [0.25, 0.3) is 0 Å². The van der Waals surface area contributed by atoms with Gasteiger partial charge in [0.1, 0.15) is 6.61 Å². The number of hydrogen-bond acceptors (Lipinski definition) is 4. The first-order valence-corrected chi connectivity index (χ1v) is 7.70. The van der Waals surface area contributed by atoms with E-state index in [0.29, 0.717) is 25.2 Å². The Morgan fingerprint density at radius 3 is 2.83 bits per heavy atom. The maximum atomic E-state index is 11.9. The number of nitrogens with zero attached hydrogens (tertiary/aromatic N) is 1. The molecule has 130 valence electrons. The quantitative estimate of drug-likeness (QED) is 0.649. The van der Waals surface area contributed by atoms with E-state index in [-0.39, 0.29) is 25.0 Å². The number of aliphatic carboxylic acids is 1. The number of hydrogen-bond donors (Lipinski definition) is 3. The van der Waals surface area contributed by atoms with E-state index in [9.17, 15) is 14.4 Å². The average molecular weight is 335 g/mol. The molecule has 24 heavy (non-hydrogen) atoms. The highest BCUT2D eigenvalue weighted by Crippen LogP contribution is 2.30. The minimum atomic E-state index is -0.886. The summed E-state index contributed by atoms with van der Waals surface area (Å²) in [5.41, 5.74) is 2.46. The van der Waals surface area contributed by atoms with Crippen molar-refractivity contribution >= 4 is 29.3 Å². The molecule has 3 N–H and O–H groups in total. The van der Waals surface area contributed by atoms with Crippen molar-refractivity contribution < 1.29 is 24.2 Å². The van der Waals surface area contributed by atoms with Gasteiger partial charge in [-0.3, -0.25) is 9.59 Å². The Hall–Kier alpha value is -2.61. The molecule has 0 bridgehead atoms. The maximum absolute atomic E-state index is 11.9. The zero-order chi connectivity index (χ0) is 17.5. The van der Waals surface area contributed by atoms with Crippen molar-refractivity contribution in [3.8, 4) is 0 Å². The van der Waals surface area contributed by atoms with Crippen LogP contribution < -0.4 is 15.5 Å². The zero-order valence-corrected chi connectivity index (χ0v) is 13.5. The molecule has 0 radical (unpaired) electrons. The summed E-state index contributed by atoms with van der Waals surface area (Å²) in [5, 5.41) is 13.8. The molecule has 0 saturated heterocycles. The number of benzene rings is 1. The number of carbonyl (C=O) groups excluding carboxylic acids is 2. The van der Waals surface area contributed by atoms with E-state index in [2.05, 4.69) is 10.6 Å². The number of ether oxygens (including phenoxy) is 1. The van der Waals surface area contributed by atoms with Gasteiger partial charge in [-0.15, -0.1) is 0 Å². The first-order chi connectivity index (χ1) is 11.5. The maximum Gasteiger partial charge on any atom is 0.319 e. The second-order valence-corrected chi connectivity index (χ2v) is 5.45. The van der Waals surface area contributed by atoms with Crippen molar-refractivity contribution in [2.24, 2.45) is 0 Å². The first kappa shape index (κ1) is 17.7. The highest BCUT2D eigenvalue weighted by Gasteiger charge is 2.24. The van der Waals surface area contributed by atoms with Crippen LogP contribution in [-0.4, -0.2) is 49.8 Å². The molecule has 0 aromatic heterocycles. The standard InChI is InChI=1S/C16H21N3O5/c1-24-10-14(20)19-8-6-11-9-12(4-5-13(11)19)18-16(23)17-7-2-3-15(21)22/h4-5,9H,2-3,6-8,10H2,1H3,(H,21,22)(H2,17,18,23). The van der Waals surface area contributed by atoms with Gasteiger partial charge in [0, 0.05) is 38.0 Å². The monoisotopic (exact) mass is 335 g/mol. The van der Waals surface area contributed by atoms with Gasteiger partial charge >= 0.3 is 12.0 Å². The Morgan fingerprint density at radius 1 is 1.33 bits per heavy atom. The Morgan fingerprint density at radius 2 is 2.12 bits per heavy atom. The zero-order valence-electron chi connectivity index (χ0n) is 13.5. The van der Waals surface area contributed by atoms with Gasteiger partial charge in [-0.25, -0.2) is 4.79 Å². The number of nitrogens with one attached hydrogen (secondary N) is 2. The molecular formula is C16H21N3O5. The average Bonchev–Trinajstić information content (AvgIpc) is 2.95. The second kappa shape index (κ2) is 8.30. The molecule has 1 aliphatic heterocycles. The lowest BCUT2D eigenvalue weighted by Gasteiger charge is -2.17. The fraction of sp³-hybridized carbons (Fsp3) is 0.438. The number of carboxylic acids is 1. The molecule has 1 aromatic carbocycles. The number of carboxylic acid groups (broad SMARTS) is 1. The fourth-order valence-electron chi connectivity index (χ4n) is 2.56. The predicted molar refractivity (Wildman–Crippen MR) is 88.3 cm³/mol. The molecule has 0 aliphatic carbocycles. The third-order valence-corrected chi connectivity index (χ3v) is 3.65. The van der Waals surface area contributed by atoms with Gasteiger partial charge < -0.3 is 25.4 Å². The molecule has 0 unspecified atom stereocenters. The molecule has 2 rings (SSSR count). The summed E-state index contributed by atoms with van der Waals surface area (Å²) in [4.78, 5) is 35.8. The molecule has 1 heterocycles. The van der Waals surface area contributed by atoms with Crippen molar-refractivity contribution in [3.05, 3.63) is 23.8 Å². The SMILES string of the molecule is COCC(=O)N1CCc2cc(NC(=O)NCCCC(=O)O)ccc21. The van der Waals surface area contributed by atoms with Gasteiger partial charge in [-0.1, -0.05) is 0 Å². The summed E-state index contributed by atoms with van der Waals surface area (Å²) < 4.78 is 4.88. The lowest BCUT2D eigenvalue weighted by atomic mass is 10.1. The summed E-state index contributed by atoms with van der Waals surface area (Å²) in [5.74, 6) is -0.975. The number of carbonyl (C=O) groups is 3. The summed E-state index contributed by atoms with van der Waals surface area (Å²) in [6.45, 7) is 0.933. The highest BCUT2D eigenvalue weighted by molar-refractivity contribution is 5.97. The van der Waals surface area contributed by atoms with Crippen LogP contribution >= 0.6 is 0 Å². The van der Waals surface area contributed by atoms with E-state index < -0.39 is 5.97 Å². The van der Waals surface area contributed by atoms with Crippen LogP contribution in [0.3, 0.4) is 0 Å². The van der Waals surface area contributed by atoms with Crippen molar-refractivity contribution in [2.45, 2.75) is 19.3 Å². The van der Waals surface area contributed by atoms with Crippen LogP contribution in [0.5, 0.6) is 0 Å². The van der Waals surface area contributed by atoms with Gasteiger partial charge in [0.05, 0.1) is 0 Å². The molecule has 0 fully saturated rings. The fourth-order valence-corrected chi connectivity index (χ4v) is 2.56. The van der Waals surface area contributed by atoms with Crippen molar-refractivity contribution in [2.75, 3.05) is 37.0 Å². The normalized spacial score (nSPS) is 12.6. The summed E-state index contributed by atoms with van der Waals surface area (Å²) in [7, 11) is 1.48. The summed E-state index contributed by atoms with van der Waals surface area (Å²) in [6.07, 6.45) is 1.12. The Kier molecular flexibility index (Phi) is 6.14. The predicted octanol–water partition coefficient (Wildman–Crippen LogP) is 1.21. The molecule has 1 aromatic rings. The first-order valence-electron chi connectivity index (χ1n) is 7.70. The lowest BCUT2D eigenvalue weighted by molar-refractivity contribution is -0.137. The molecule has 0 spiro atoms. The third-order valence-electron chi connectivity index (χ3n) is 3.65. The number of amides is 3. The van der Waals surface area contributed by atoms with E-state index in [0.717, 1.165) is 17.7 Å². The van der Waals surface area contributed by atoms with E-state index in [1.807, 2.05) is 6.07 Å². The van der Waals surface area contributed by atoms with Crippen LogP contribution in [-0.2, 0) is 20.7 Å². The molecular weight excluding hydrogens is 314 g/mol. The van der Waals surface area contributed by atoms with Crippen LogP contribution in [0.1, 0.15) is 18.4 Å². The highest BCUT2D eigenvalue weighted by atomic mass is 16.5. The van der Waals surface area contributed by atoms with E-state index in [1.54, 1.807) is 17.0 Å². The van der Waals surface area contributed by atoms with Gasteiger partial charge in [0.15, 0.2) is 0 Å². The van der Waals surface area contributed by atoms with Gasteiger partial charge in [-0.2, -0.15) is 0 Å². The number of fused-ring (bicyclic) bond motifs is 1. The van der Waals surface area contributed by atoms with Crippen LogP contribution in [0.15, 0.2) is 18.2 Å². The van der Waals surface area contributed by atoms with Crippen molar-refractivity contribution in [3.63, 3.8) is 0 Å². The number of methoxy groups -OCH3 is 1. The summed E-state index contributed by atoms with van der Waals surface area (Å²) >= 11 is 0. The van der Waals surface area contributed by atoms with Crippen LogP contribution in [0, 0.1) is 0 Å². The minimum absolute atomic E-state index is 0.0183. The summed E-state index contributed by atoms with van der Waals surface area (Å²) in [6, 6.07) is 4.99. The Labute approximate surface area is 139 Å². The second-order valence-electron chi connectivity index (χ2n) is 5.45. The third kappa shape index (κ3) is 4.69. The Balaban J connectivity index is 1.89. The number of anilines is 2. The molecule has 0 atom stereocenters. The number of urea groups is 1. The van der Waals surface area contributed by atoms with Crippen molar-refractivity contribution in [1.82, 2.24) is 5.32 Å². The Bertz CT molecular complexity index is 632. The van der Waals surface area contributed by atoms with Gasteiger partial charge in [-0.05, 0) is 36.6 Å². The minimum Gasteiger partial charge on any atom is -0.481 e. The van der Waals surface area contributed by atoms with Gasteiger partial charge in [0.2, 0.25) is 0 Å². The molecule has 8 heteroatoms. The molecule has 1 aliphatic rings. The largest absolute Gasteiger partial charge is 0.481 e. The van der Waals surface area contributed by atoms with Crippen molar-refractivity contribution in [1.29, 1.82) is 0 Å². The topological polar surface area (TPSA) is 108 Å². The van der Waals surface area contributed by atoms with E-state index >= 15 is 0 Å². The lowest BCUT2D eigenvalue weighted by Crippen LogP contribution is -2.32. The van der Waals surface area contributed by atoms with Crippen LogP contribution in [0.4, 0.5) is 16.2 Å². The molecule has 3 amide bonds. The van der Waals surface area contributed by atoms with E-state index in [4.69, 9.17) is 9.84 Å². The molecule has 0 saturated carbocycles. The number of rotatable bonds is 7. The van der Waals surface area contributed by atoms with E-state index in [1.165, 1.54) is 7.11 Å².